The molecule has 0 fully saturated rings. The maximum absolute atomic E-state index is 13.5. The van der Waals surface area contributed by atoms with Gasteiger partial charge in [-0.05, 0) is 251 Å². The number of rotatable bonds is 29. The average molecular weight is 2230 g/mol. The molecule has 0 aliphatic rings. The molecule has 0 aliphatic carbocycles. The van der Waals surface area contributed by atoms with Crippen molar-refractivity contribution in [3.63, 3.8) is 0 Å². The first-order valence-corrected chi connectivity index (χ1v) is 51.8. The molecule has 0 radical (unpaired) electrons. The highest BCUT2D eigenvalue weighted by Gasteiger charge is 2.36. The number of nitrogens with two attached hydrogens (primary N) is 1. The van der Waals surface area contributed by atoms with Gasteiger partial charge in [0.25, 0.3) is 0 Å². The lowest BCUT2D eigenvalue weighted by Crippen LogP contribution is -2.26. The zero-order valence-electron chi connectivity index (χ0n) is 81.5. The number of hydrogen-bond donors (Lipinski definition) is 2. The number of ether oxygens (including phenoxy) is 3. The Hall–Kier alpha value is -11.9. The lowest BCUT2D eigenvalue weighted by molar-refractivity contribution is -0.138. The molecule has 776 valence electrons. The number of sulfonamides is 4. The van der Waals surface area contributed by atoms with Gasteiger partial charge in [-0.2, -0.15) is 65.6 Å². The van der Waals surface area contributed by atoms with Crippen molar-refractivity contribution in [2.45, 2.75) is 142 Å². The number of nitrogens with zero attached hydrogens (tertiary/aromatic N) is 9. The van der Waals surface area contributed by atoms with Gasteiger partial charge in [0, 0.05) is 102 Å². The zero-order valence-corrected chi connectivity index (χ0v) is 87.9. The Morgan fingerprint density at radius 3 is 0.952 bits per heavy atom. The fraction of sp³-hybridized carbons (Fsp3) is 0.279. The van der Waals surface area contributed by atoms with Crippen LogP contribution in [0.2, 0.25) is 0 Å². The largest absolute Gasteiger partial charge is 0.497 e. The fourth-order valence-corrected chi connectivity index (χ4v) is 20.2. The highest BCUT2D eigenvalue weighted by atomic mass is 79.9. The van der Waals surface area contributed by atoms with Crippen LogP contribution in [0.25, 0.3) is 22.5 Å². The van der Waals surface area contributed by atoms with Crippen molar-refractivity contribution < 1.29 is 105 Å². The van der Waals surface area contributed by atoms with Gasteiger partial charge in [-0.1, -0.05) is 158 Å². The number of hydrogen-bond acceptors (Lipinski definition) is 15. The summed E-state index contributed by atoms with van der Waals surface area (Å²) in [5.41, 5.74) is 13.3. The van der Waals surface area contributed by atoms with Gasteiger partial charge >= 0.3 is 24.7 Å². The van der Waals surface area contributed by atoms with Crippen LogP contribution in [0.5, 0.6) is 17.2 Å². The Balaban J connectivity index is 0.000000204. The van der Waals surface area contributed by atoms with Crippen LogP contribution in [-0.4, -0.2) is 125 Å². The third-order valence-electron chi connectivity index (χ3n) is 22.9. The molecule has 11 aromatic carbocycles. The molecular weight excluding hydrogens is 2110 g/mol. The van der Waals surface area contributed by atoms with Gasteiger partial charge in [-0.3, -0.25) is 0 Å². The first-order chi connectivity index (χ1) is 67.8. The predicted molar refractivity (Wildman–Crippen MR) is 539 cm³/mol. The second-order valence-electron chi connectivity index (χ2n) is 34.1. The SMILES string of the molecule is CNS(=O)(=O)c1ccc(C[C@H](C)c2cccc(C(F)(F)F)c2)c(-c2cn(C)cn2)c1.COc1ccc(CN(C)S(=O)(=O)c2ccc(C[C@H](C)c3cccc(C(F)(F)F)c3)c(-c3cn(C)cn3)c2)cc1.COc1ccc(CN(C)S(=O)(=O)c2ccc(C[C@H](C)c3cccc(C(F)(F)F)c3)c(Br)c2)cc1.COc1ccc(CN(C)S(=O)(=O)c2ccc(F)c(Br)c2)cc1.C[C@@H](N)c1cccc(C(F)(F)F)c1.Cc1cn(C)cn1. The molecule has 0 unspecified atom stereocenters. The van der Waals surface area contributed by atoms with Crippen LogP contribution in [0.15, 0.2) is 309 Å². The monoisotopic (exact) mass is 2220 g/mol. The highest BCUT2D eigenvalue weighted by Crippen LogP contribution is 2.40. The van der Waals surface area contributed by atoms with Gasteiger partial charge in [-0.25, -0.2) is 57.7 Å². The van der Waals surface area contributed by atoms with Crippen LogP contribution in [-0.2, 0) is 125 Å². The van der Waals surface area contributed by atoms with E-state index in [4.69, 9.17) is 19.9 Å². The topological polar surface area (TPSA) is 265 Å². The van der Waals surface area contributed by atoms with E-state index >= 15 is 0 Å². The lowest BCUT2D eigenvalue weighted by atomic mass is 9.90. The number of halogens is 15. The molecule has 0 saturated heterocycles. The van der Waals surface area contributed by atoms with E-state index in [0.29, 0.717) is 85.8 Å². The van der Waals surface area contributed by atoms with Crippen molar-refractivity contribution in [1.29, 1.82) is 0 Å². The minimum atomic E-state index is -4.43. The van der Waals surface area contributed by atoms with Crippen molar-refractivity contribution in [3.8, 4) is 39.8 Å². The maximum atomic E-state index is 13.5. The molecule has 0 amide bonds. The third kappa shape index (κ3) is 33.1. The molecule has 0 aliphatic heterocycles. The first-order valence-electron chi connectivity index (χ1n) is 44.4. The van der Waals surface area contributed by atoms with Crippen molar-refractivity contribution in [2.24, 2.45) is 26.9 Å². The van der Waals surface area contributed by atoms with Crippen molar-refractivity contribution in [2.75, 3.05) is 49.5 Å². The Morgan fingerprint density at radius 2 is 0.669 bits per heavy atom. The molecule has 0 saturated carbocycles. The summed E-state index contributed by atoms with van der Waals surface area (Å²) in [6, 6.07) is 60.0. The van der Waals surface area contributed by atoms with Crippen molar-refractivity contribution in [3.05, 3.63) is 379 Å². The molecule has 0 bridgehead atoms. The molecule has 41 heteroatoms. The summed E-state index contributed by atoms with van der Waals surface area (Å²) in [6.45, 7) is 9.73. The summed E-state index contributed by atoms with van der Waals surface area (Å²) in [4.78, 5) is 13.1. The summed E-state index contributed by atoms with van der Waals surface area (Å²) >= 11 is 6.44. The summed E-state index contributed by atoms with van der Waals surface area (Å²) in [5, 5.41) is 0. The second-order valence-corrected chi connectivity index (χ2v) is 43.9. The Bertz CT molecular complexity index is 7160. The summed E-state index contributed by atoms with van der Waals surface area (Å²) < 4.78 is 298. The first kappa shape index (κ1) is 117. The van der Waals surface area contributed by atoms with E-state index in [-0.39, 0.29) is 67.5 Å². The number of imidazole rings is 3. The van der Waals surface area contributed by atoms with Crippen LogP contribution in [0.3, 0.4) is 0 Å². The van der Waals surface area contributed by atoms with Gasteiger partial charge in [0.2, 0.25) is 40.1 Å². The molecule has 14 aromatic rings. The molecule has 22 nitrogen and oxygen atoms in total. The number of nitrogens with one attached hydrogen (secondary N) is 1. The quantitative estimate of drug-likeness (QED) is 0.0413. The van der Waals surface area contributed by atoms with Gasteiger partial charge in [0.15, 0.2) is 0 Å². The van der Waals surface area contributed by atoms with E-state index in [0.717, 1.165) is 93.7 Å². The summed E-state index contributed by atoms with van der Waals surface area (Å²) in [7, 11) is 1.17. The minimum Gasteiger partial charge on any atom is -0.497 e. The fourth-order valence-electron chi connectivity index (χ4n) is 14.7. The van der Waals surface area contributed by atoms with Gasteiger partial charge in [0.1, 0.15) is 23.1 Å². The molecule has 14 rings (SSSR count). The molecule has 3 aromatic heterocycles. The van der Waals surface area contributed by atoms with E-state index in [1.165, 1.54) is 95.7 Å². The average Bonchev–Trinajstić information content (AvgIpc) is 1.77. The minimum absolute atomic E-state index is 0.0387. The number of benzene rings is 11. The predicted octanol–water partition coefficient (Wildman–Crippen LogP) is 24.2. The number of methoxy groups -OCH3 is 3. The summed E-state index contributed by atoms with van der Waals surface area (Å²) in [5.74, 6) is 0.899. The zero-order chi connectivity index (χ0) is 107. The van der Waals surface area contributed by atoms with E-state index in [1.54, 1.807) is 197 Å². The van der Waals surface area contributed by atoms with Crippen LogP contribution >= 0.6 is 31.9 Å². The smallest absolute Gasteiger partial charge is 0.416 e. The van der Waals surface area contributed by atoms with Crippen molar-refractivity contribution >= 4 is 72.0 Å². The summed E-state index contributed by atoms with van der Waals surface area (Å²) in [6.07, 6.45) is -5.72. The van der Waals surface area contributed by atoms with Gasteiger partial charge in [0.05, 0.1) is 104 Å². The molecule has 3 N–H and O–H groups in total. The highest BCUT2D eigenvalue weighted by molar-refractivity contribution is 9.10. The van der Waals surface area contributed by atoms with Crippen LogP contribution < -0.4 is 24.7 Å². The van der Waals surface area contributed by atoms with E-state index in [9.17, 15) is 90.7 Å². The van der Waals surface area contributed by atoms with E-state index in [1.807, 2.05) is 64.7 Å². The molecule has 0 spiro atoms. The standard InChI is InChI=1S/C29H30F3N3O3S.C25H25BrF3NO3S.C21H22F3N3O2S.C15H15BrFNO3S.C9H10F3N.C5H8N2/c1-20(22-6-5-7-24(15-22)29(30,31)32)14-23-10-13-26(16-27(23)28-18-34(2)19-33-28)39(36,37)35(3)17-21-8-11-25(38-4)12-9-21;1-17(19-5-4-6-21(14-19)25(27,28)29)13-20-9-12-23(15-24(20)26)34(31,32)30(2)16-18-7-10-22(33-3)11-8-18;1-14(15-5-4-6-17(10-15)21(22,23)24)9-16-7-8-18(30(28,29)25-2)11-19(16)20-12-27(3)13-26-20;1-18(10-11-3-5-12(21-2)6-4-11)22(19,20)13-7-8-15(17)14(16)9-13;1-6(13)7-3-2-4-8(5-7)9(10,11)12;1-5-3-7(2)4-6-5/h5-13,15-16,18-20H,14,17H2,1-4H3;4-12,14-15,17H,13,16H2,1-3H3;4-8,10-14,25H,9H2,1-3H3;3-9H,10H2,1-2H3;2-6H,13H2,1H3;3-4H,1-2H3/t20-;17-;14-;;6-;/m000.1./s1. The molecule has 4 atom stereocenters. The Labute approximate surface area is 853 Å². The Kier molecular flexibility index (Phi) is 40.6. The lowest BCUT2D eigenvalue weighted by Gasteiger charge is -2.20. The van der Waals surface area contributed by atoms with E-state index < -0.39 is 92.9 Å². The van der Waals surface area contributed by atoms with Crippen molar-refractivity contribution in [1.82, 2.24) is 46.3 Å². The second kappa shape index (κ2) is 50.5. The number of aryl methyl sites for hydroxylation is 4. The molecule has 145 heavy (non-hydrogen) atoms. The van der Waals surface area contributed by atoms with Gasteiger partial charge < -0.3 is 33.6 Å². The normalized spacial score (nSPS) is 12.9. The maximum Gasteiger partial charge on any atom is 0.416 e. The van der Waals surface area contributed by atoms with E-state index in [2.05, 4.69) is 51.5 Å². The molecule has 3 heterocycles. The molecular formula is C104H110Br2F13N11O11S4. The number of alkyl halides is 12. The number of aromatic nitrogens is 6. The van der Waals surface area contributed by atoms with Crippen LogP contribution in [0.4, 0.5) is 57.1 Å². The Morgan fingerprint density at radius 1 is 0.379 bits per heavy atom. The van der Waals surface area contributed by atoms with Gasteiger partial charge in [-0.15, -0.1) is 0 Å². The van der Waals surface area contributed by atoms with Crippen LogP contribution in [0.1, 0.15) is 135 Å². The third-order valence-corrected chi connectivity index (χ3v) is 31.1. The van der Waals surface area contributed by atoms with Crippen LogP contribution in [0, 0.1) is 12.7 Å².